The molecule has 9 heteroatoms. The molecule has 6 nitrogen and oxygen atoms in total. The van der Waals surface area contributed by atoms with Crippen LogP contribution in [0.3, 0.4) is 0 Å². The van der Waals surface area contributed by atoms with Gasteiger partial charge in [-0.15, -0.1) is 0 Å². The first-order valence-electron chi connectivity index (χ1n) is 10.7. The van der Waals surface area contributed by atoms with Crippen LogP contribution in [0, 0.1) is 20.9 Å². The van der Waals surface area contributed by atoms with Gasteiger partial charge in [-0.3, -0.25) is 0 Å². The van der Waals surface area contributed by atoms with Crippen LogP contribution in [0.15, 0.2) is 23.1 Å². The van der Waals surface area contributed by atoms with Gasteiger partial charge in [0.2, 0.25) is 10.0 Å². The van der Waals surface area contributed by atoms with E-state index in [2.05, 4.69) is 10.6 Å². The van der Waals surface area contributed by atoms with Crippen LogP contribution in [0.4, 0.5) is 4.79 Å². The van der Waals surface area contributed by atoms with E-state index in [0.717, 1.165) is 44.6 Å². The molecule has 1 atom stereocenters. The molecule has 1 aromatic rings. The molecule has 1 aliphatic carbocycles. The van der Waals surface area contributed by atoms with Crippen molar-refractivity contribution in [3.8, 4) is 0 Å². The molecule has 1 aliphatic heterocycles. The Labute approximate surface area is 204 Å². The zero-order valence-electron chi connectivity index (χ0n) is 18.5. The van der Waals surface area contributed by atoms with Crippen LogP contribution in [0.5, 0.6) is 0 Å². The zero-order chi connectivity index (χ0) is 21.6. The lowest BCUT2D eigenvalue weighted by Crippen LogP contribution is -2.51. The van der Waals surface area contributed by atoms with E-state index >= 15 is 0 Å². The number of piperidine rings is 1. The van der Waals surface area contributed by atoms with E-state index in [1.54, 1.807) is 0 Å². The Kier molecular flexibility index (Phi) is 12.4. The Bertz CT molecular complexity index is 828. The molecule has 1 unspecified atom stereocenters. The number of rotatable bonds is 5. The summed E-state index contributed by atoms with van der Waals surface area (Å²) in [6, 6.07) is 4.93. The van der Waals surface area contributed by atoms with Crippen molar-refractivity contribution >= 4 is 39.3 Å². The molecular formula is C23H34Cl2N3O3S. The third-order valence-corrected chi connectivity index (χ3v) is 8.47. The molecule has 2 amide bonds. The van der Waals surface area contributed by atoms with E-state index in [9.17, 15) is 13.2 Å². The van der Waals surface area contributed by atoms with Gasteiger partial charge in [-0.1, -0.05) is 76.6 Å². The number of amides is 2. The smallest absolute Gasteiger partial charge is 0.315 e. The van der Waals surface area contributed by atoms with Gasteiger partial charge in [0, 0.05) is 24.2 Å². The summed E-state index contributed by atoms with van der Waals surface area (Å²) in [5.74, 6) is 0. The number of nitrogens with one attached hydrogen (secondary N) is 2. The lowest BCUT2D eigenvalue weighted by molar-refractivity contribution is 0.223. The molecule has 32 heavy (non-hydrogen) atoms. The monoisotopic (exact) mass is 502 g/mol. The number of carbonyl (C=O) groups is 1. The lowest BCUT2D eigenvalue weighted by atomic mass is 9.97. The van der Waals surface area contributed by atoms with Crippen molar-refractivity contribution in [3.63, 3.8) is 0 Å². The molecule has 0 bridgehead atoms. The fourth-order valence-corrected chi connectivity index (χ4v) is 6.62. The SMILES string of the molecule is O=C(NCC1CCCCN1S(=O)(=O)c1ccc(Cl)cc1Cl)N[C]1CCCCCCC1.[CH2].[CH2]. The Balaban J connectivity index is 0.00000256. The summed E-state index contributed by atoms with van der Waals surface area (Å²) < 4.78 is 27.9. The van der Waals surface area contributed by atoms with Gasteiger partial charge in [0.15, 0.2) is 0 Å². The molecule has 1 saturated carbocycles. The van der Waals surface area contributed by atoms with Gasteiger partial charge in [-0.2, -0.15) is 4.31 Å². The molecule has 2 fully saturated rings. The first-order valence-corrected chi connectivity index (χ1v) is 12.9. The molecule has 2 aliphatic rings. The highest BCUT2D eigenvalue weighted by Crippen LogP contribution is 2.31. The van der Waals surface area contributed by atoms with E-state index in [1.165, 1.54) is 41.8 Å². The van der Waals surface area contributed by atoms with Crippen molar-refractivity contribution in [1.29, 1.82) is 0 Å². The number of hydrogen-bond donors (Lipinski definition) is 2. The molecule has 2 N–H and O–H groups in total. The van der Waals surface area contributed by atoms with Gasteiger partial charge in [0.25, 0.3) is 0 Å². The Morgan fingerprint density at radius 3 is 2.31 bits per heavy atom. The predicted molar refractivity (Wildman–Crippen MR) is 131 cm³/mol. The third kappa shape index (κ3) is 7.79. The summed E-state index contributed by atoms with van der Waals surface area (Å²) in [5, 5.41) is 6.37. The molecule has 0 aromatic heterocycles. The van der Waals surface area contributed by atoms with Gasteiger partial charge in [-0.05, 0) is 43.9 Å². The Morgan fingerprint density at radius 2 is 1.66 bits per heavy atom. The van der Waals surface area contributed by atoms with Crippen molar-refractivity contribution < 1.29 is 13.2 Å². The van der Waals surface area contributed by atoms with Crippen molar-refractivity contribution in [3.05, 3.63) is 49.1 Å². The van der Waals surface area contributed by atoms with E-state index in [-0.39, 0.29) is 43.4 Å². The van der Waals surface area contributed by atoms with Gasteiger partial charge >= 0.3 is 6.03 Å². The summed E-state index contributed by atoms with van der Waals surface area (Å²) in [7, 11) is -3.78. The van der Waals surface area contributed by atoms with Crippen LogP contribution >= 0.6 is 23.2 Å². The number of carbonyl (C=O) groups excluding carboxylic acids is 1. The van der Waals surface area contributed by atoms with Crippen molar-refractivity contribution in [2.75, 3.05) is 13.1 Å². The number of sulfonamides is 1. The van der Waals surface area contributed by atoms with Gasteiger partial charge in [-0.25, -0.2) is 13.2 Å². The second-order valence-corrected chi connectivity index (χ2v) is 10.7. The summed E-state index contributed by atoms with van der Waals surface area (Å²) in [5.41, 5.74) is 0. The Hall–Kier alpha value is -1.02. The first kappa shape index (κ1) is 29.0. The van der Waals surface area contributed by atoms with E-state index in [4.69, 9.17) is 23.2 Å². The minimum Gasteiger partial charge on any atom is -0.337 e. The second kappa shape index (κ2) is 13.6. The molecule has 179 valence electrons. The lowest BCUT2D eigenvalue weighted by Gasteiger charge is -2.35. The topological polar surface area (TPSA) is 78.5 Å². The summed E-state index contributed by atoms with van der Waals surface area (Å²) in [6.07, 6.45) is 10.1. The maximum Gasteiger partial charge on any atom is 0.315 e. The highest BCUT2D eigenvalue weighted by Gasteiger charge is 2.35. The van der Waals surface area contributed by atoms with E-state index < -0.39 is 10.0 Å². The van der Waals surface area contributed by atoms with E-state index in [1.807, 2.05) is 0 Å². The number of urea groups is 1. The number of nitrogens with zero attached hydrogens (tertiary/aromatic N) is 1. The molecule has 5 radical (unpaired) electrons. The van der Waals surface area contributed by atoms with Crippen molar-refractivity contribution in [2.45, 2.75) is 75.1 Å². The van der Waals surface area contributed by atoms with Crippen molar-refractivity contribution in [2.24, 2.45) is 0 Å². The number of benzene rings is 1. The average Bonchev–Trinajstić information content (AvgIpc) is 2.68. The summed E-state index contributed by atoms with van der Waals surface area (Å²) >= 11 is 12.1. The zero-order valence-corrected chi connectivity index (χ0v) is 20.9. The van der Waals surface area contributed by atoms with Crippen LogP contribution in [0.25, 0.3) is 0 Å². The molecule has 1 aromatic carbocycles. The maximum atomic E-state index is 13.2. The molecule has 1 saturated heterocycles. The number of halogens is 2. The fourth-order valence-electron chi connectivity index (χ4n) is 4.18. The highest BCUT2D eigenvalue weighted by atomic mass is 35.5. The van der Waals surface area contributed by atoms with E-state index in [0.29, 0.717) is 18.0 Å². The van der Waals surface area contributed by atoms with Crippen LogP contribution in [0.2, 0.25) is 10.0 Å². The summed E-state index contributed by atoms with van der Waals surface area (Å²) in [4.78, 5) is 12.5. The molecule has 0 spiro atoms. The largest absolute Gasteiger partial charge is 0.337 e. The quantitative estimate of drug-likeness (QED) is 0.536. The predicted octanol–water partition coefficient (Wildman–Crippen LogP) is 5.77. The normalized spacial score (nSPS) is 20.8. The highest BCUT2D eigenvalue weighted by molar-refractivity contribution is 7.89. The summed E-state index contributed by atoms with van der Waals surface area (Å²) in [6.45, 7) is 0.677. The van der Waals surface area contributed by atoms with Crippen LogP contribution in [0.1, 0.15) is 64.2 Å². The van der Waals surface area contributed by atoms with Gasteiger partial charge in [0.1, 0.15) is 4.90 Å². The van der Waals surface area contributed by atoms with Crippen LogP contribution in [-0.2, 0) is 10.0 Å². The van der Waals surface area contributed by atoms with Crippen molar-refractivity contribution in [1.82, 2.24) is 14.9 Å². The molecule has 1 heterocycles. The average molecular weight is 504 g/mol. The molecule has 3 rings (SSSR count). The maximum absolute atomic E-state index is 13.2. The van der Waals surface area contributed by atoms with Crippen LogP contribution in [-0.4, -0.2) is 37.9 Å². The van der Waals surface area contributed by atoms with Crippen LogP contribution < -0.4 is 10.6 Å². The first-order chi connectivity index (χ1) is 14.4. The Morgan fingerprint density at radius 1 is 1.00 bits per heavy atom. The standard InChI is InChI=1S/C21H30Cl2N3O3S.2CH2/c22-16-11-12-20(19(23)14-16)30(28,29)26-13-7-6-10-18(26)15-24-21(27)25-17-8-4-2-1-3-5-9-17;;/h11-12,14,18H,1-10,13,15H2,(H2,24,25,27);2*1H2. The minimum absolute atomic E-state index is 0. The fraction of sp³-hybridized carbons (Fsp3) is 0.565. The second-order valence-electron chi connectivity index (χ2n) is 8.05. The van der Waals surface area contributed by atoms with Gasteiger partial charge < -0.3 is 10.6 Å². The number of hydrogen-bond acceptors (Lipinski definition) is 3. The third-order valence-electron chi connectivity index (χ3n) is 5.80. The van der Waals surface area contributed by atoms with Gasteiger partial charge in [0.05, 0.1) is 11.1 Å². The molecular weight excluding hydrogens is 469 g/mol. The minimum atomic E-state index is -3.78.